The molecule has 2 heterocycles. The topological polar surface area (TPSA) is 62.8 Å². The summed E-state index contributed by atoms with van der Waals surface area (Å²) >= 11 is 0. The molecule has 4 rings (SSSR count). The minimum atomic E-state index is -0.377. The highest BCUT2D eigenvalue weighted by Crippen LogP contribution is 2.37. The fraction of sp³-hybridized carbons (Fsp3) is 0.350. The van der Waals surface area contributed by atoms with Crippen molar-refractivity contribution < 1.29 is 14.3 Å². The summed E-state index contributed by atoms with van der Waals surface area (Å²) in [4.78, 5) is 15.1. The van der Waals surface area contributed by atoms with Crippen LogP contribution >= 0.6 is 0 Å². The number of benzene rings is 2. The minimum Gasteiger partial charge on any atom is -0.493 e. The van der Waals surface area contributed by atoms with Crippen LogP contribution in [0.3, 0.4) is 0 Å². The molecule has 136 valence electrons. The predicted molar refractivity (Wildman–Crippen MR) is 101 cm³/mol. The molecule has 2 aromatic carbocycles. The molecular formula is C20H23N3O3. The van der Waals surface area contributed by atoms with Crippen molar-refractivity contribution in [2.45, 2.75) is 19.0 Å². The van der Waals surface area contributed by atoms with Crippen LogP contribution in [0.15, 0.2) is 36.4 Å². The lowest BCUT2D eigenvalue weighted by molar-refractivity contribution is 0.0935. The summed E-state index contributed by atoms with van der Waals surface area (Å²) in [5.74, 6) is 1.16. The van der Waals surface area contributed by atoms with Crippen molar-refractivity contribution in [2.75, 3.05) is 37.5 Å². The van der Waals surface area contributed by atoms with Gasteiger partial charge in [-0.15, -0.1) is 0 Å². The van der Waals surface area contributed by atoms with E-state index in [0.29, 0.717) is 17.1 Å². The highest BCUT2D eigenvalue weighted by Gasteiger charge is 2.28. The zero-order valence-corrected chi connectivity index (χ0v) is 15.0. The molecule has 0 aromatic heterocycles. The van der Waals surface area contributed by atoms with Gasteiger partial charge in [0.25, 0.3) is 5.91 Å². The Morgan fingerprint density at radius 2 is 1.85 bits per heavy atom. The Bertz CT molecular complexity index is 831. The molecule has 2 aliphatic heterocycles. The lowest BCUT2D eigenvalue weighted by Gasteiger charge is -2.30. The van der Waals surface area contributed by atoms with Crippen molar-refractivity contribution in [3.63, 3.8) is 0 Å². The average Bonchev–Trinajstić information content (AvgIpc) is 3.21. The first-order valence-corrected chi connectivity index (χ1v) is 8.88. The third kappa shape index (κ3) is 2.81. The van der Waals surface area contributed by atoms with Crippen molar-refractivity contribution in [1.29, 1.82) is 0 Å². The maximum Gasteiger partial charge on any atom is 0.255 e. The molecule has 1 fully saturated rings. The van der Waals surface area contributed by atoms with E-state index in [0.717, 1.165) is 30.0 Å². The first-order chi connectivity index (χ1) is 12.7. The van der Waals surface area contributed by atoms with E-state index in [1.54, 1.807) is 14.2 Å². The van der Waals surface area contributed by atoms with Gasteiger partial charge in [-0.05, 0) is 37.1 Å². The molecular weight excluding hydrogens is 330 g/mol. The number of nitrogens with one attached hydrogen (secondary N) is 2. The van der Waals surface area contributed by atoms with Gasteiger partial charge in [0, 0.05) is 30.0 Å². The highest BCUT2D eigenvalue weighted by atomic mass is 16.5. The molecule has 6 heteroatoms. The molecule has 2 N–H and O–H groups in total. The number of ether oxygens (including phenoxy) is 2. The summed E-state index contributed by atoms with van der Waals surface area (Å²) in [6.07, 6.45) is 2.04. The van der Waals surface area contributed by atoms with Crippen LogP contribution in [-0.2, 0) is 0 Å². The Labute approximate surface area is 153 Å². The summed E-state index contributed by atoms with van der Waals surface area (Å²) in [6, 6.07) is 11.7. The summed E-state index contributed by atoms with van der Waals surface area (Å²) in [5.41, 5.74) is 3.43. The lowest BCUT2D eigenvalue weighted by Crippen LogP contribution is -2.38. The third-order valence-electron chi connectivity index (χ3n) is 5.04. The van der Waals surface area contributed by atoms with E-state index in [9.17, 15) is 4.79 Å². The normalized spacial score (nSPS) is 18.8. The third-order valence-corrected chi connectivity index (χ3v) is 5.04. The average molecular weight is 353 g/mol. The molecule has 0 spiro atoms. The van der Waals surface area contributed by atoms with Crippen LogP contribution in [-0.4, -0.2) is 33.2 Å². The second kappa shape index (κ2) is 6.78. The van der Waals surface area contributed by atoms with Gasteiger partial charge in [0.05, 0.1) is 19.8 Å². The molecule has 0 saturated carbocycles. The summed E-state index contributed by atoms with van der Waals surface area (Å²) in [5, 5.41) is 6.43. The molecule has 1 amide bonds. The van der Waals surface area contributed by atoms with Gasteiger partial charge in [0.15, 0.2) is 11.5 Å². The van der Waals surface area contributed by atoms with Gasteiger partial charge in [0.2, 0.25) is 0 Å². The number of methoxy groups -OCH3 is 2. The summed E-state index contributed by atoms with van der Waals surface area (Å²) < 4.78 is 10.9. The van der Waals surface area contributed by atoms with E-state index < -0.39 is 0 Å². The van der Waals surface area contributed by atoms with Crippen LogP contribution in [0.2, 0.25) is 0 Å². The van der Waals surface area contributed by atoms with Gasteiger partial charge in [-0.25, -0.2) is 0 Å². The van der Waals surface area contributed by atoms with Crippen molar-refractivity contribution in [3.8, 4) is 11.5 Å². The first kappa shape index (κ1) is 16.6. The zero-order chi connectivity index (χ0) is 18.1. The van der Waals surface area contributed by atoms with Crippen LogP contribution in [0, 0.1) is 0 Å². The molecule has 2 aliphatic rings. The smallest absolute Gasteiger partial charge is 0.255 e. The fourth-order valence-corrected chi connectivity index (χ4v) is 3.71. The standard InChI is InChI=1S/C20H23N3O3/c1-25-17-7-5-6-14(18(17)26-2)19-21-16-9-8-13(23-10-3-4-11-23)12-15(16)20(24)22-19/h5-9,12,19,21H,3-4,10-11H2,1-2H3,(H,22,24). The van der Waals surface area contributed by atoms with E-state index in [2.05, 4.69) is 21.6 Å². The van der Waals surface area contributed by atoms with Gasteiger partial charge in [-0.1, -0.05) is 12.1 Å². The molecule has 0 radical (unpaired) electrons. The number of hydrogen-bond acceptors (Lipinski definition) is 5. The van der Waals surface area contributed by atoms with Gasteiger partial charge >= 0.3 is 0 Å². The Morgan fingerprint density at radius 3 is 2.58 bits per heavy atom. The zero-order valence-electron chi connectivity index (χ0n) is 15.0. The maximum atomic E-state index is 12.7. The van der Waals surface area contributed by atoms with Crippen LogP contribution in [0.5, 0.6) is 11.5 Å². The molecule has 0 aliphatic carbocycles. The quantitative estimate of drug-likeness (QED) is 0.884. The number of amides is 1. The van der Waals surface area contributed by atoms with Crippen molar-refractivity contribution in [3.05, 3.63) is 47.5 Å². The van der Waals surface area contributed by atoms with Gasteiger partial charge in [-0.3, -0.25) is 4.79 Å². The minimum absolute atomic E-state index is 0.0883. The maximum absolute atomic E-state index is 12.7. The Hall–Kier alpha value is -2.89. The second-order valence-electron chi connectivity index (χ2n) is 6.56. The van der Waals surface area contributed by atoms with E-state index in [1.165, 1.54) is 12.8 Å². The van der Waals surface area contributed by atoms with Crippen molar-refractivity contribution >= 4 is 17.3 Å². The predicted octanol–water partition coefficient (Wildman–Crippen LogP) is 3.16. The van der Waals surface area contributed by atoms with Crippen LogP contribution in [0.1, 0.15) is 34.9 Å². The lowest BCUT2D eigenvalue weighted by atomic mass is 10.0. The van der Waals surface area contributed by atoms with Gasteiger partial charge < -0.3 is 25.0 Å². The molecule has 1 unspecified atom stereocenters. The molecule has 6 nitrogen and oxygen atoms in total. The van der Waals surface area contributed by atoms with E-state index in [-0.39, 0.29) is 12.1 Å². The number of fused-ring (bicyclic) bond motifs is 1. The van der Waals surface area contributed by atoms with Gasteiger partial charge in [-0.2, -0.15) is 0 Å². The number of carbonyl (C=O) groups excluding carboxylic acids is 1. The Kier molecular flexibility index (Phi) is 4.32. The number of hydrogen-bond donors (Lipinski definition) is 2. The molecule has 1 saturated heterocycles. The highest BCUT2D eigenvalue weighted by molar-refractivity contribution is 6.02. The fourth-order valence-electron chi connectivity index (χ4n) is 3.71. The summed E-state index contributed by atoms with van der Waals surface area (Å²) in [6.45, 7) is 2.11. The molecule has 0 bridgehead atoms. The summed E-state index contributed by atoms with van der Waals surface area (Å²) in [7, 11) is 3.20. The van der Waals surface area contributed by atoms with Crippen LogP contribution in [0.4, 0.5) is 11.4 Å². The van der Waals surface area contributed by atoms with Crippen molar-refractivity contribution in [1.82, 2.24) is 5.32 Å². The molecule has 1 atom stereocenters. The number of nitrogens with zero attached hydrogens (tertiary/aromatic N) is 1. The molecule has 2 aromatic rings. The van der Waals surface area contributed by atoms with E-state index in [4.69, 9.17) is 9.47 Å². The van der Waals surface area contributed by atoms with Crippen LogP contribution in [0.25, 0.3) is 0 Å². The molecule has 26 heavy (non-hydrogen) atoms. The van der Waals surface area contributed by atoms with E-state index in [1.807, 2.05) is 30.3 Å². The Morgan fingerprint density at radius 1 is 1.04 bits per heavy atom. The number of rotatable bonds is 4. The first-order valence-electron chi connectivity index (χ1n) is 8.88. The number of anilines is 2. The largest absolute Gasteiger partial charge is 0.493 e. The SMILES string of the molecule is COc1cccc(C2NC(=O)c3cc(N4CCCC4)ccc3N2)c1OC. The van der Waals surface area contributed by atoms with Gasteiger partial charge in [0.1, 0.15) is 6.17 Å². The van der Waals surface area contributed by atoms with Crippen LogP contribution < -0.4 is 25.0 Å². The van der Waals surface area contributed by atoms with E-state index >= 15 is 0 Å². The second-order valence-corrected chi connectivity index (χ2v) is 6.56. The van der Waals surface area contributed by atoms with Crippen molar-refractivity contribution in [2.24, 2.45) is 0 Å². The monoisotopic (exact) mass is 353 g/mol. The number of carbonyl (C=O) groups is 1. The number of para-hydroxylation sites is 1. The Balaban J connectivity index is 1.66.